The molecule has 2 aliphatic carbocycles. The molecule has 1 saturated heterocycles. The molecule has 19 heavy (non-hydrogen) atoms. The maximum absolute atomic E-state index is 6.36. The summed E-state index contributed by atoms with van der Waals surface area (Å²) in [4.78, 5) is 5.36. The minimum Gasteiger partial charge on any atom is -0.327 e. The van der Waals surface area contributed by atoms with Gasteiger partial charge in [0.15, 0.2) is 0 Å². The zero-order valence-electron chi connectivity index (χ0n) is 12.4. The lowest BCUT2D eigenvalue weighted by Crippen LogP contribution is -2.49. The van der Waals surface area contributed by atoms with Gasteiger partial charge in [-0.2, -0.15) is 0 Å². The van der Waals surface area contributed by atoms with Crippen molar-refractivity contribution in [2.24, 2.45) is 17.6 Å². The van der Waals surface area contributed by atoms with Gasteiger partial charge < -0.3 is 15.5 Å². The fourth-order valence-corrected chi connectivity index (χ4v) is 3.79. The molecule has 0 amide bonds. The summed E-state index contributed by atoms with van der Waals surface area (Å²) in [5.74, 6) is 1.80. The Balaban J connectivity index is 1.40. The van der Waals surface area contributed by atoms with Crippen molar-refractivity contribution in [3.05, 3.63) is 0 Å². The van der Waals surface area contributed by atoms with Crippen LogP contribution in [0.15, 0.2) is 0 Å². The van der Waals surface area contributed by atoms with Gasteiger partial charge >= 0.3 is 0 Å². The second kappa shape index (κ2) is 6.55. The monoisotopic (exact) mass is 265 g/mol. The molecular weight excluding hydrogens is 234 g/mol. The highest BCUT2D eigenvalue weighted by Gasteiger charge is 2.28. The van der Waals surface area contributed by atoms with Crippen molar-refractivity contribution in [2.75, 3.05) is 39.3 Å². The van der Waals surface area contributed by atoms with E-state index in [1.165, 1.54) is 84.2 Å². The number of nitrogens with two attached hydrogens (primary N) is 1. The highest BCUT2D eigenvalue weighted by atomic mass is 15.3. The molecule has 0 bridgehead atoms. The molecule has 2 saturated carbocycles. The van der Waals surface area contributed by atoms with Crippen LogP contribution in [0, 0.1) is 11.8 Å². The molecule has 3 fully saturated rings. The Hall–Kier alpha value is -0.120. The van der Waals surface area contributed by atoms with Gasteiger partial charge in [-0.05, 0) is 37.5 Å². The van der Waals surface area contributed by atoms with Gasteiger partial charge in [0.25, 0.3) is 0 Å². The minimum atomic E-state index is 0.465. The Morgan fingerprint density at radius 1 is 0.737 bits per heavy atom. The summed E-state index contributed by atoms with van der Waals surface area (Å²) in [6, 6.07) is 0.465. The van der Waals surface area contributed by atoms with E-state index >= 15 is 0 Å². The van der Waals surface area contributed by atoms with Crippen LogP contribution in [0.3, 0.4) is 0 Å². The molecule has 110 valence electrons. The minimum absolute atomic E-state index is 0.465. The van der Waals surface area contributed by atoms with Crippen molar-refractivity contribution in [2.45, 2.75) is 51.0 Å². The molecule has 2 unspecified atom stereocenters. The van der Waals surface area contributed by atoms with Gasteiger partial charge in [-0.25, -0.2) is 0 Å². The van der Waals surface area contributed by atoms with E-state index in [1.807, 2.05) is 0 Å². The molecule has 0 spiro atoms. The van der Waals surface area contributed by atoms with E-state index in [2.05, 4.69) is 9.80 Å². The summed E-state index contributed by atoms with van der Waals surface area (Å²) in [6.07, 6.45) is 9.75. The van der Waals surface area contributed by atoms with Crippen molar-refractivity contribution in [3.8, 4) is 0 Å². The molecular formula is C16H31N3. The molecule has 3 rings (SSSR count). The third-order valence-electron chi connectivity index (χ3n) is 5.39. The lowest BCUT2D eigenvalue weighted by atomic mass is 9.94. The van der Waals surface area contributed by atoms with E-state index in [0.29, 0.717) is 6.04 Å². The summed E-state index contributed by atoms with van der Waals surface area (Å²) in [5.41, 5.74) is 6.36. The molecule has 2 N–H and O–H groups in total. The lowest BCUT2D eigenvalue weighted by molar-refractivity contribution is 0.108. The summed E-state index contributed by atoms with van der Waals surface area (Å²) in [6.45, 7) is 7.76. The van der Waals surface area contributed by atoms with Crippen molar-refractivity contribution in [1.82, 2.24) is 9.80 Å². The largest absolute Gasteiger partial charge is 0.327 e. The van der Waals surface area contributed by atoms with Gasteiger partial charge in [-0.15, -0.1) is 0 Å². The average Bonchev–Trinajstić information content (AvgIpc) is 3.23. The first-order valence-electron chi connectivity index (χ1n) is 8.51. The van der Waals surface area contributed by atoms with Crippen LogP contribution in [0.4, 0.5) is 0 Å². The van der Waals surface area contributed by atoms with Crippen molar-refractivity contribution in [1.29, 1.82) is 0 Å². The predicted molar refractivity (Wildman–Crippen MR) is 80.2 cm³/mol. The van der Waals surface area contributed by atoms with Crippen molar-refractivity contribution < 1.29 is 0 Å². The van der Waals surface area contributed by atoms with E-state index in [9.17, 15) is 0 Å². The van der Waals surface area contributed by atoms with E-state index in [1.54, 1.807) is 0 Å². The fraction of sp³-hybridized carbons (Fsp3) is 1.00. The van der Waals surface area contributed by atoms with E-state index in [-0.39, 0.29) is 0 Å². The summed E-state index contributed by atoms with van der Waals surface area (Å²) >= 11 is 0. The van der Waals surface area contributed by atoms with E-state index in [4.69, 9.17) is 5.73 Å². The molecule has 3 nitrogen and oxygen atoms in total. The normalized spacial score (nSPS) is 35.2. The van der Waals surface area contributed by atoms with Gasteiger partial charge in [-0.1, -0.05) is 19.3 Å². The molecule has 0 radical (unpaired) electrons. The summed E-state index contributed by atoms with van der Waals surface area (Å²) < 4.78 is 0. The van der Waals surface area contributed by atoms with Crippen LogP contribution in [0.1, 0.15) is 44.9 Å². The highest BCUT2D eigenvalue weighted by molar-refractivity contribution is 4.83. The SMILES string of the molecule is NC1CCCCCC1CN1CCN(CC2CC2)CC1. The van der Waals surface area contributed by atoms with Crippen LogP contribution in [0.25, 0.3) is 0 Å². The van der Waals surface area contributed by atoms with Gasteiger partial charge in [-0.3, -0.25) is 0 Å². The van der Waals surface area contributed by atoms with Gasteiger partial charge in [0.05, 0.1) is 0 Å². The average molecular weight is 265 g/mol. The maximum Gasteiger partial charge on any atom is 0.0110 e. The Bertz CT molecular complexity index is 269. The van der Waals surface area contributed by atoms with Crippen LogP contribution in [0.5, 0.6) is 0 Å². The zero-order valence-corrected chi connectivity index (χ0v) is 12.4. The van der Waals surface area contributed by atoms with Crippen LogP contribution >= 0.6 is 0 Å². The molecule has 1 heterocycles. The van der Waals surface area contributed by atoms with E-state index < -0.39 is 0 Å². The van der Waals surface area contributed by atoms with Crippen molar-refractivity contribution in [3.63, 3.8) is 0 Å². The van der Waals surface area contributed by atoms with Gasteiger partial charge in [0.1, 0.15) is 0 Å². The number of piperazine rings is 1. The smallest absolute Gasteiger partial charge is 0.0110 e. The first kappa shape index (κ1) is 13.8. The second-order valence-corrected chi connectivity index (χ2v) is 7.11. The maximum atomic E-state index is 6.36. The number of rotatable bonds is 4. The van der Waals surface area contributed by atoms with Gasteiger partial charge in [0, 0.05) is 45.3 Å². The quantitative estimate of drug-likeness (QED) is 0.788. The van der Waals surface area contributed by atoms with Gasteiger partial charge in [0.2, 0.25) is 0 Å². The third-order valence-corrected chi connectivity index (χ3v) is 5.39. The Labute approximate surface area is 118 Å². The lowest BCUT2D eigenvalue weighted by Gasteiger charge is -2.37. The predicted octanol–water partition coefficient (Wildman–Crippen LogP) is 1.92. The van der Waals surface area contributed by atoms with Crippen LogP contribution in [0.2, 0.25) is 0 Å². The first-order chi connectivity index (χ1) is 9.31. The van der Waals surface area contributed by atoms with Crippen LogP contribution in [-0.4, -0.2) is 55.1 Å². The van der Waals surface area contributed by atoms with Crippen LogP contribution in [-0.2, 0) is 0 Å². The molecule has 0 aromatic rings. The molecule has 3 heteroatoms. The van der Waals surface area contributed by atoms with Crippen molar-refractivity contribution >= 4 is 0 Å². The summed E-state index contributed by atoms with van der Waals surface area (Å²) in [5, 5.41) is 0. The standard InChI is InChI=1S/C16H31N3/c17-16-5-3-1-2-4-15(16)13-19-10-8-18(9-11-19)12-14-6-7-14/h14-16H,1-13,17H2. The number of hydrogen-bond donors (Lipinski definition) is 1. The molecule has 1 aliphatic heterocycles. The third kappa shape index (κ3) is 4.17. The highest BCUT2D eigenvalue weighted by Crippen LogP contribution is 2.30. The molecule has 0 aromatic heterocycles. The zero-order chi connectivity index (χ0) is 13.1. The molecule has 0 aromatic carbocycles. The first-order valence-corrected chi connectivity index (χ1v) is 8.51. The van der Waals surface area contributed by atoms with Crippen LogP contribution < -0.4 is 5.73 Å². The number of nitrogens with zero attached hydrogens (tertiary/aromatic N) is 2. The molecule has 3 aliphatic rings. The van der Waals surface area contributed by atoms with E-state index in [0.717, 1.165) is 11.8 Å². The Morgan fingerprint density at radius 2 is 1.37 bits per heavy atom. The molecule has 2 atom stereocenters. The Morgan fingerprint density at radius 3 is 2.05 bits per heavy atom. The second-order valence-electron chi connectivity index (χ2n) is 7.11. The fourth-order valence-electron chi connectivity index (χ4n) is 3.79. The number of hydrogen-bond acceptors (Lipinski definition) is 3. The summed E-state index contributed by atoms with van der Waals surface area (Å²) in [7, 11) is 0. The topological polar surface area (TPSA) is 32.5 Å². The Kier molecular flexibility index (Phi) is 4.78.